The number of anilines is 1. The Balaban J connectivity index is 1.68. The maximum absolute atomic E-state index is 11.9. The van der Waals surface area contributed by atoms with Crippen LogP contribution in [0.4, 0.5) is 5.82 Å². The molecule has 3 aromatic rings. The molecule has 1 heterocycles. The van der Waals surface area contributed by atoms with Gasteiger partial charge in [-0.05, 0) is 67.5 Å². The monoisotopic (exact) mass is 381 g/mol. The van der Waals surface area contributed by atoms with E-state index in [0.717, 1.165) is 11.9 Å². The molecule has 0 spiro atoms. The van der Waals surface area contributed by atoms with Gasteiger partial charge in [-0.15, -0.1) is 0 Å². The van der Waals surface area contributed by atoms with E-state index in [-0.39, 0.29) is 10.9 Å². The maximum Gasteiger partial charge on any atom is 0.175 e. The molecule has 0 saturated heterocycles. The molecule has 4 rings (SSSR count). The zero-order chi connectivity index (χ0) is 19.0. The van der Waals surface area contributed by atoms with E-state index < -0.39 is 9.84 Å². The second-order valence-electron chi connectivity index (χ2n) is 7.27. The SMILES string of the molecule is CC(Nc1ncnc2ccc(S(C)(=O)=O)cc12)c1ccc2c(c1)CCCC2. The van der Waals surface area contributed by atoms with E-state index in [2.05, 4.69) is 40.4 Å². The third-order valence-corrected chi connectivity index (χ3v) is 6.37. The van der Waals surface area contributed by atoms with Crippen LogP contribution < -0.4 is 5.32 Å². The van der Waals surface area contributed by atoms with Crippen LogP contribution in [-0.2, 0) is 22.7 Å². The van der Waals surface area contributed by atoms with E-state index in [0.29, 0.717) is 11.2 Å². The molecule has 0 aliphatic heterocycles. The molecule has 5 nitrogen and oxygen atoms in total. The first-order valence-corrected chi connectivity index (χ1v) is 11.1. The minimum absolute atomic E-state index is 0.0530. The molecule has 1 aromatic heterocycles. The highest BCUT2D eigenvalue weighted by atomic mass is 32.2. The molecule has 0 amide bonds. The second kappa shape index (κ2) is 6.93. The van der Waals surface area contributed by atoms with Gasteiger partial charge in [0.2, 0.25) is 0 Å². The molecule has 6 heteroatoms. The second-order valence-corrected chi connectivity index (χ2v) is 9.29. The lowest BCUT2D eigenvalue weighted by atomic mass is 9.89. The Bertz CT molecular complexity index is 1110. The molecular formula is C21H23N3O2S. The van der Waals surface area contributed by atoms with Crippen molar-refractivity contribution < 1.29 is 8.42 Å². The molecule has 1 atom stereocenters. The van der Waals surface area contributed by atoms with Gasteiger partial charge in [-0.3, -0.25) is 0 Å². The van der Waals surface area contributed by atoms with Crippen molar-refractivity contribution in [3.05, 3.63) is 59.4 Å². The van der Waals surface area contributed by atoms with Crippen LogP contribution in [0.3, 0.4) is 0 Å². The number of aryl methyl sites for hydroxylation is 2. The topological polar surface area (TPSA) is 72.0 Å². The van der Waals surface area contributed by atoms with E-state index in [1.54, 1.807) is 18.2 Å². The minimum atomic E-state index is -3.29. The first kappa shape index (κ1) is 17.9. The van der Waals surface area contributed by atoms with Gasteiger partial charge in [0.1, 0.15) is 12.1 Å². The Hall–Kier alpha value is -2.47. The highest BCUT2D eigenvalue weighted by Gasteiger charge is 2.15. The molecule has 1 unspecified atom stereocenters. The molecule has 140 valence electrons. The minimum Gasteiger partial charge on any atom is -0.363 e. The van der Waals surface area contributed by atoms with E-state index in [9.17, 15) is 8.42 Å². The molecule has 0 fully saturated rings. The Morgan fingerprint density at radius 3 is 2.56 bits per heavy atom. The third-order valence-electron chi connectivity index (χ3n) is 5.26. The summed E-state index contributed by atoms with van der Waals surface area (Å²) in [5, 5.41) is 4.15. The van der Waals surface area contributed by atoms with Crippen molar-refractivity contribution in [2.24, 2.45) is 0 Å². The van der Waals surface area contributed by atoms with Gasteiger partial charge >= 0.3 is 0 Å². The van der Waals surface area contributed by atoms with Crippen LogP contribution in [0.1, 0.15) is 42.5 Å². The van der Waals surface area contributed by atoms with Gasteiger partial charge in [-0.1, -0.05) is 18.2 Å². The molecule has 0 saturated carbocycles. The van der Waals surface area contributed by atoms with Crippen LogP contribution in [0.15, 0.2) is 47.6 Å². The smallest absolute Gasteiger partial charge is 0.175 e. The first-order valence-electron chi connectivity index (χ1n) is 9.25. The third kappa shape index (κ3) is 3.67. The van der Waals surface area contributed by atoms with Gasteiger partial charge in [0, 0.05) is 17.7 Å². The number of nitrogens with zero attached hydrogens (tertiary/aromatic N) is 2. The number of hydrogen-bond acceptors (Lipinski definition) is 5. The lowest BCUT2D eigenvalue weighted by Gasteiger charge is -2.21. The molecule has 0 radical (unpaired) electrons. The number of aromatic nitrogens is 2. The van der Waals surface area contributed by atoms with Gasteiger partial charge in [0.25, 0.3) is 0 Å². The van der Waals surface area contributed by atoms with Crippen LogP contribution in [-0.4, -0.2) is 24.6 Å². The summed E-state index contributed by atoms with van der Waals surface area (Å²) in [6.45, 7) is 2.10. The average Bonchev–Trinajstić information content (AvgIpc) is 2.66. The lowest BCUT2D eigenvalue weighted by molar-refractivity contribution is 0.602. The number of sulfone groups is 1. The normalized spacial score (nSPS) is 15.3. The number of benzene rings is 2. The highest BCUT2D eigenvalue weighted by Crippen LogP contribution is 2.29. The summed E-state index contributed by atoms with van der Waals surface area (Å²) in [5.41, 5.74) is 4.83. The van der Waals surface area contributed by atoms with Crippen molar-refractivity contribution in [1.29, 1.82) is 0 Å². The predicted octanol–water partition coefficient (Wildman–Crippen LogP) is 4.09. The summed E-state index contributed by atoms with van der Waals surface area (Å²) >= 11 is 0. The summed E-state index contributed by atoms with van der Waals surface area (Å²) in [7, 11) is -3.29. The van der Waals surface area contributed by atoms with E-state index in [1.165, 1.54) is 48.5 Å². The summed E-state index contributed by atoms with van der Waals surface area (Å²) in [6.07, 6.45) is 7.55. The zero-order valence-electron chi connectivity index (χ0n) is 15.6. The van der Waals surface area contributed by atoms with Crippen molar-refractivity contribution in [2.75, 3.05) is 11.6 Å². The lowest BCUT2D eigenvalue weighted by Crippen LogP contribution is -2.11. The van der Waals surface area contributed by atoms with Crippen molar-refractivity contribution >= 4 is 26.6 Å². The molecule has 27 heavy (non-hydrogen) atoms. The fourth-order valence-corrected chi connectivity index (χ4v) is 4.34. The molecular weight excluding hydrogens is 358 g/mol. The van der Waals surface area contributed by atoms with Crippen LogP contribution in [0, 0.1) is 0 Å². The standard InChI is InChI=1S/C21H23N3O2S/c1-14(16-8-7-15-5-3-4-6-17(15)11-16)24-21-19-12-18(27(2,25)26)9-10-20(19)22-13-23-21/h7-14H,3-6H2,1-2H3,(H,22,23,24). The Morgan fingerprint density at radius 2 is 1.78 bits per heavy atom. The number of hydrogen-bond donors (Lipinski definition) is 1. The van der Waals surface area contributed by atoms with E-state index in [1.807, 2.05) is 0 Å². The Morgan fingerprint density at radius 1 is 1.00 bits per heavy atom. The van der Waals surface area contributed by atoms with Crippen molar-refractivity contribution in [3.8, 4) is 0 Å². The average molecular weight is 382 g/mol. The van der Waals surface area contributed by atoms with Crippen molar-refractivity contribution in [2.45, 2.75) is 43.5 Å². The van der Waals surface area contributed by atoms with E-state index in [4.69, 9.17) is 0 Å². The van der Waals surface area contributed by atoms with Crippen molar-refractivity contribution in [1.82, 2.24) is 9.97 Å². The summed E-state index contributed by atoms with van der Waals surface area (Å²) in [5.74, 6) is 0.649. The van der Waals surface area contributed by atoms with E-state index >= 15 is 0 Å². The molecule has 1 N–H and O–H groups in total. The van der Waals surface area contributed by atoms with Crippen LogP contribution in [0.2, 0.25) is 0 Å². The summed E-state index contributed by atoms with van der Waals surface area (Å²) in [6, 6.07) is 11.7. The van der Waals surface area contributed by atoms with Gasteiger partial charge in [0.05, 0.1) is 10.4 Å². The fraction of sp³-hybridized carbons (Fsp3) is 0.333. The quantitative estimate of drug-likeness (QED) is 0.737. The first-order chi connectivity index (χ1) is 12.9. The van der Waals surface area contributed by atoms with Gasteiger partial charge in [0.15, 0.2) is 9.84 Å². The Labute approximate surface area is 159 Å². The molecule has 1 aliphatic rings. The van der Waals surface area contributed by atoms with Gasteiger partial charge < -0.3 is 5.32 Å². The number of rotatable bonds is 4. The predicted molar refractivity (Wildman–Crippen MR) is 108 cm³/mol. The Kier molecular flexibility index (Phi) is 4.60. The van der Waals surface area contributed by atoms with Crippen molar-refractivity contribution in [3.63, 3.8) is 0 Å². The van der Waals surface area contributed by atoms with Gasteiger partial charge in [-0.2, -0.15) is 0 Å². The molecule has 1 aliphatic carbocycles. The highest BCUT2D eigenvalue weighted by molar-refractivity contribution is 7.90. The fourth-order valence-electron chi connectivity index (χ4n) is 3.69. The summed E-state index contributed by atoms with van der Waals surface area (Å²) in [4.78, 5) is 8.90. The number of nitrogens with one attached hydrogen (secondary N) is 1. The largest absolute Gasteiger partial charge is 0.363 e. The molecule has 0 bridgehead atoms. The maximum atomic E-state index is 11.9. The van der Waals surface area contributed by atoms with Gasteiger partial charge in [-0.25, -0.2) is 18.4 Å². The van der Waals surface area contributed by atoms with Crippen LogP contribution in [0.25, 0.3) is 10.9 Å². The number of fused-ring (bicyclic) bond motifs is 2. The van der Waals surface area contributed by atoms with Crippen LogP contribution in [0.5, 0.6) is 0 Å². The molecule has 2 aromatic carbocycles. The summed E-state index contributed by atoms with van der Waals surface area (Å²) < 4.78 is 23.8. The zero-order valence-corrected chi connectivity index (χ0v) is 16.4. The van der Waals surface area contributed by atoms with Crippen LogP contribution >= 0.6 is 0 Å².